The Balaban J connectivity index is 1.67. The number of hydrogen-bond donors (Lipinski definition) is 2. The second-order valence-corrected chi connectivity index (χ2v) is 7.55. The molecule has 1 aromatic carbocycles. The van der Waals surface area contributed by atoms with Crippen LogP contribution < -0.4 is 5.32 Å². The summed E-state index contributed by atoms with van der Waals surface area (Å²) in [5, 5.41) is 13.2. The molecule has 2 heterocycles. The zero-order valence-electron chi connectivity index (χ0n) is 15.9. The van der Waals surface area contributed by atoms with Crippen molar-refractivity contribution in [3.05, 3.63) is 65.2 Å². The van der Waals surface area contributed by atoms with E-state index in [1.54, 1.807) is 24.5 Å². The molecule has 28 heavy (non-hydrogen) atoms. The Bertz CT molecular complexity index is 997. The van der Waals surface area contributed by atoms with Crippen LogP contribution >= 0.6 is 0 Å². The number of hydrogen-bond acceptors (Lipinski definition) is 3. The Hall–Kier alpha value is -2.73. The van der Waals surface area contributed by atoms with Crippen molar-refractivity contribution in [3.63, 3.8) is 0 Å². The molecule has 0 aliphatic heterocycles. The van der Waals surface area contributed by atoms with Crippen molar-refractivity contribution >= 4 is 16.9 Å². The molecule has 1 aliphatic carbocycles. The van der Waals surface area contributed by atoms with E-state index in [0.29, 0.717) is 24.0 Å². The Morgan fingerprint density at radius 1 is 1.25 bits per heavy atom. The van der Waals surface area contributed by atoms with Gasteiger partial charge in [-0.3, -0.25) is 9.78 Å². The van der Waals surface area contributed by atoms with E-state index in [0.717, 1.165) is 35.9 Å². The molecule has 146 valence electrons. The number of aliphatic hydroxyl groups excluding tert-OH is 1. The van der Waals surface area contributed by atoms with E-state index in [1.165, 1.54) is 12.1 Å². The summed E-state index contributed by atoms with van der Waals surface area (Å²) >= 11 is 0. The SMILES string of the molecule is Cc1ccnc2c(C(=O)N[C@H]3CCCC[C@@H]3O)cn(Cc3ccc(F)cc3)c12. The summed E-state index contributed by atoms with van der Waals surface area (Å²) in [6, 6.07) is 8.04. The number of benzene rings is 1. The summed E-state index contributed by atoms with van der Waals surface area (Å²) in [7, 11) is 0. The molecule has 3 aromatic rings. The predicted octanol–water partition coefficient (Wildman–Crippen LogP) is 3.57. The van der Waals surface area contributed by atoms with Gasteiger partial charge in [-0.25, -0.2) is 4.39 Å². The molecule has 0 unspecified atom stereocenters. The number of carbonyl (C=O) groups excluding carboxylic acids is 1. The molecule has 0 bridgehead atoms. The molecule has 2 atom stereocenters. The van der Waals surface area contributed by atoms with Crippen LogP contribution in [0.2, 0.25) is 0 Å². The summed E-state index contributed by atoms with van der Waals surface area (Å²) < 4.78 is 15.2. The number of nitrogens with one attached hydrogen (secondary N) is 1. The van der Waals surface area contributed by atoms with Crippen LogP contribution in [0.4, 0.5) is 4.39 Å². The van der Waals surface area contributed by atoms with Crippen LogP contribution in [0.15, 0.2) is 42.7 Å². The standard InChI is InChI=1S/C22H24FN3O2/c1-14-10-11-24-20-17(22(28)25-18-4-2-3-5-19(18)27)13-26(21(14)20)12-15-6-8-16(23)9-7-15/h6-11,13,18-19,27H,2-5,12H2,1H3,(H,25,28)/t18-,19-/m0/s1. The number of amides is 1. The third kappa shape index (κ3) is 3.64. The number of rotatable bonds is 4. The number of carbonyl (C=O) groups is 1. The van der Waals surface area contributed by atoms with Gasteiger partial charge in [0.2, 0.25) is 0 Å². The van der Waals surface area contributed by atoms with Gasteiger partial charge in [0.15, 0.2) is 0 Å². The molecule has 1 amide bonds. The summed E-state index contributed by atoms with van der Waals surface area (Å²) in [6.45, 7) is 2.50. The Labute approximate surface area is 163 Å². The van der Waals surface area contributed by atoms with Gasteiger partial charge in [-0.2, -0.15) is 0 Å². The fourth-order valence-corrected chi connectivity index (χ4v) is 3.99. The van der Waals surface area contributed by atoms with Gasteiger partial charge in [-0.15, -0.1) is 0 Å². The van der Waals surface area contributed by atoms with Crippen molar-refractivity contribution in [2.45, 2.75) is 51.3 Å². The van der Waals surface area contributed by atoms with Crippen molar-refractivity contribution in [1.82, 2.24) is 14.9 Å². The number of pyridine rings is 1. The molecule has 0 radical (unpaired) electrons. The van der Waals surface area contributed by atoms with Crippen LogP contribution in [0, 0.1) is 12.7 Å². The molecular weight excluding hydrogens is 357 g/mol. The van der Waals surface area contributed by atoms with Crippen LogP contribution in [0.1, 0.15) is 47.2 Å². The minimum Gasteiger partial charge on any atom is -0.391 e. The second kappa shape index (κ2) is 7.72. The quantitative estimate of drug-likeness (QED) is 0.726. The highest BCUT2D eigenvalue weighted by Gasteiger charge is 2.26. The minimum atomic E-state index is -0.500. The smallest absolute Gasteiger partial charge is 0.255 e. The monoisotopic (exact) mass is 381 g/mol. The fraction of sp³-hybridized carbons (Fsp3) is 0.364. The van der Waals surface area contributed by atoms with E-state index in [-0.39, 0.29) is 17.8 Å². The molecule has 5 nitrogen and oxygen atoms in total. The molecule has 1 saturated carbocycles. The molecule has 1 fully saturated rings. The first-order valence-electron chi connectivity index (χ1n) is 9.71. The van der Waals surface area contributed by atoms with Gasteiger partial charge in [-0.1, -0.05) is 25.0 Å². The third-order valence-electron chi connectivity index (χ3n) is 5.51. The number of fused-ring (bicyclic) bond motifs is 1. The number of aliphatic hydroxyl groups is 1. The zero-order valence-corrected chi connectivity index (χ0v) is 15.9. The minimum absolute atomic E-state index is 0.216. The average Bonchev–Trinajstić information content (AvgIpc) is 3.05. The summed E-state index contributed by atoms with van der Waals surface area (Å²) in [4.78, 5) is 17.4. The first-order chi connectivity index (χ1) is 13.5. The number of aryl methyl sites for hydroxylation is 1. The normalized spacial score (nSPS) is 19.7. The van der Waals surface area contributed by atoms with Crippen molar-refractivity contribution in [3.8, 4) is 0 Å². The van der Waals surface area contributed by atoms with Crippen molar-refractivity contribution in [2.24, 2.45) is 0 Å². The van der Waals surface area contributed by atoms with Gasteiger partial charge >= 0.3 is 0 Å². The molecule has 0 spiro atoms. The molecule has 1 aliphatic rings. The van der Waals surface area contributed by atoms with Gasteiger partial charge < -0.3 is 15.0 Å². The molecule has 4 rings (SSSR count). The summed E-state index contributed by atoms with van der Waals surface area (Å²) in [5.74, 6) is -0.489. The lowest BCUT2D eigenvalue weighted by molar-refractivity contribution is 0.0718. The highest BCUT2D eigenvalue weighted by atomic mass is 19.1. The van der Waals surface area contributed by atoms with Crippen LogP contribution in [0.5, 0.6) is 0 Å². The van der Waals surface area contributed by atoms with E-state index >= 15 is 0 Å². The molecule has 0 saturated heterocycles. The Morgan fingerprint density at radius 2 is 2.00 bits per heavy atom. The zero-order chi connectivity index (χ0) is 19.7. The lowest BCUT2D eigenvalue weighted by atomic mass is 9.92. The van der Waals surface area contributed by atoms with Crippen molar-refractivity contribution in [2.75, 3.05) is 0 Å². The Kier molecular flexibility index (Phi) is 5.13. The summed E-state index contributed by atoms with van der Waals surface area (Å²) in [5.41, 5.74) is 3.99. The summed E-state index contributed by atoms with van der Waals surface area (Å²) in [6.07, 6.45) is 6.50. The first-order valence-corrected chi connectivity index (χ1v) is 9.71. The van der Waals surface area contributed by atoms with Gasteiger partial charge in [0, 0.05) is 18.9 Å². The van der Waals surface area contributed by atoms with Gasteiger partial charge in [0.25, 0.3) is 5.91 Å². The molecule has 6 heteroatoms. The lowest BCUT2D eigenvalue weighted by Gasteiger charge is -2.28. The molecular formula is C22H24FN3O2. The van der Waals surface area contributed by atoms with E-state index in [4.69, 9.17) is 0 Å². The highest BCUT2D eigenvalue weighted by Crippen LogP contribution is 2.25. The third-order valence-corrected chi connectivity index (χ3v) is 5.51. The largest absolute Gasteiger partial charge is 0.391 e. The van der Waals surface area contributed by atoms with E-state index in [1.807, 2.05) is 17.6 Å². The van der Waals surface area contributed by atoms with Crippen LogP contribution in [-0.4, -0.2) is 32.7 Å². The van der Waals surface area contributed by atoms with E-state index < -0.39 is 6.10 Å². The van der Waals surface area contributed by atoms with E-state index in [2.05, 4.69) is 10.3 Å². The van der Waals surface area contributed by atoms with Gasteiger partial charge in [0.1, 0.15) is 11.3 Å². The predicted molar refractivity (Wildman–Crippen MR) is 106 cm³/mol. The number of aromatic nitrogens is 2. The van der Waals surface area contributed by atoms with Crippen LogP contribution in [-0.2, 0) is 6.54 Å². The fourth-order valence-electron chi connectivity index (χ4n) is 3.99. The maximum absolute atomic E-state index is 13.2. The van der Waals surface area contributed by atoms with E-state index in [9.17, 15) is 14.3 Å². The number of halogens is 1. The van der Waals surface area contributed by atoms with Crippen LogP contribution in [0.3, 0.4) is 0 Å². The molecule has 2 aromatic heterocycles. The average molecular weight is 381 g/mol. The second-order valence-electron chi connectivity index (χ2n) is 7.55. The van der Waals surface area contributed by atoms with Gasteiger partial charge in [-0.05, 0) is 49.1 Å². The van der Waals surface area contributed by atoms with Crippen molar-refractivity contribution in [1.29, 1.82) is 0 Å². The maximum Gasteiger partial charge on any atom is 0.255 e. The highest BCUT2D eigenvalue weighted by molar-refractivity contribution is 6.06. The molecule has 2 N–H and O–H groups in total. The Morgan fingerprint density at radius 3 is 2.75 bits per heavy atom. The first kappa shape index (κ1) is 18.6. The maximum atomic E-state index is 13.2. The van der Waals surface area contributed by atoms with Crippen LogP contribution in [0.25, 0.3) is 11.0 Å². The number of nitrogens with zero attached hydrogens (tertiary/aromatic N) is 2. The topological polar surface area (TPSA) is 67.2 Å². The van der Waals surface area contributed by atoms with Crippen molar-refractivity contribution < 1.29 is 14.3 Å². The van der Waals surface area contributed by atoms with Gasteiger partial charge in [0.05, 0.1) is 23.2 Å². The lowest BCUT2D eigenvalue weighted by Crippen LogP contribution is -2.45.